The number of ether oxygens (including phenoxy) is 2. The van der Waals surface area contributed by atoms with E-state index in [0.717, 1.165) is 32.1 Å². The summed E-state index contributed by atoms with van der Waals surface area (Å²) in [7, 11) is 1.50. The predicted molar refractivity (Wildman–Crippen MR) is 289 cm³/mol. The number of rotatable bonds is 55. The molecule has 9 nitrogen and oxygen atoms in total. The molecule has 0 aliphatic carbocycles. The van der Waals surface area contributed by atoms with Gasteiger partial charge in [-0.3, -0.25) is 18.6 Å². The van der Waals surface area contributed by atoms with E-state index in [0.29, 0.717) is 23.9 Å². The van der Waals surface area contributed by atoms with Crippen molar-refractivity contribution in [3.8, 4) is 0 Å². The van der Waals surface area contributed by atoms with Gasteiger partial charge >= 0.3 is 19.8 Å². The lowest BCUT2D eigenvalue weighted by Gasteiger charge is -2.24. The number of likely N-dealkylation sites (N-methyl/N-ethyl adjacent to an activating group) is 1. The molecule has 0 aliphatic rings. The van der Waals surface area contributed by atoms with Crippen LogP contribution < -0.4 is 0 Å². The molecule has 0 saturated heterocycles. The number of quaternary nitrogens is 1. The first-order chi connectivity index (χ1) is 33.0. The third-order valence-electron chi connectivity index (χ3n) is 13.3. The van der Waals surface area contributed by atoms with Crippen LogP contribution in [0.25, 0.3) is 0 Å². The number of phosphoric acid groups is 1. The molecule has 0 bridgehead atoms. The zero-order valence-corrected chi connectivity index (χ0v) is 46.8. The molecule has 0 amide bonds. The van der Waals surface area contributed by atoms with Crippen molar-refractivity contribution in [2.75, 3.05) is 47.5 Å². The molecule has 0 aromatic heterocycles. The average molecular weight is 986 g/mol. The summed E-state index contributed by atoms with van der Waals surface area (Å²) in [5.74, 6) is -0.779. The topological polar surface area (TPSA) is 108 Å². The molecular weight excluding hydrogens is 870 g/mol. The highest BCUT2D eigenvalue weighted by molar-refractivity contribution is 7.47. The Bertz CT molecular complexity index is 1160. The molecule has 2 atom stereocenters. The fraction of sp³-hybridized carbons (Fsp3) is 0.931. The number of phosphoric ester groups is 1. The number of carbonyl (C=O) groups excluding carboxylic acids is 2. The lowest BCUT2D eigenvalue weighted by Crippen LogP contribution is -2.37. The minimum absolute atomic E-state index is 0.0355. The number of esters is 2. The third-order valence-corrected chi connectivity index (χ3v) is 14.3. The Labute approximate surface area is 422 Å². The molecule has 0 heterocycles. The Balaban J connectivity index is 4.12. The minimum Gasteiger partial charge on any atom is -0.462 e. The van der Waals surface area contributed by atoms with E-state index >= 15 is 0 Å². The molecule has 10 heteroatoms. The van der Waals surface area contributed by atoms with Crippen LogP contribution in [0.1, 0.15) is 296 Å². The Hall–Kier alpha value is -1.25. The summed E-state index contributed by atoms with van der Waals surface area (Å²) in [6, 6.07) is 0. The van der Waals surface area contributed by atoms with Gasteiger partial charge in [-0.15, -0.1) is 0 Å². The van der Waals surface area contributed by atoms with Gasteiger partial charge in [0, 0.05) is 12.8 Å². The summed E-state index contributed by atoms with van der Waals surface area (Å²) in [5.41, 5.74) is 0. The second-order valence-corrected chi connectivity index (χ2v) is 22.8. The van der Waals surface area contributed by atoms with Crippen LogP contribution >= 0.6 is 7.82 Å². The standard InChI is InChI=1S/C58H114NO8P/c1-6-8-10-12-14-16-18-20-22-24-26-28-29-31-33-35-37-39-41-43-45-47-49-51-58(61)67-56(55-66-68(62,63)65-53-52-59(3,4)5)54-64-57(60)50-48-46-44-42-40-38-36-34-32-30-27-25-23-21-19-17-15-13-11-9-7-2/h24,26,56H,6-23,25,27-55H2,1-5H3/p+1/b26-24-. The van der Waals surface area contributed by atoms with Crippen LogP contribution in [0.5, 0.6) is 0 Å². The quantitative estimate of drug-likeness (QED) is 0.0211. The van der Waals surface area contributed by atoms with Gasteiger partial charge in [-0.05, 0) is 38.5 Å². The monoisotopic (exact) mass is 985 g/mol. The summed E-state index contributed by atoms with van der Waals surface area (Å²) < 4.78 is 34.6. The van der Waals surface area contributed by atoms with E-state index in [2.05, 4.69) is 26.0 Å². The van der Waals surface area contributed by atoms with Gasteiger partial charge in [0.05, 0.1) is 27.7 Å². The van der Waals surface area contributed by atoms with Crippen LogP contribution in [-0.4, -0.2) is 74.9 Å². The lowest BCUT2D eigenvalue weighted by molar-refractivity contribution is -0.870. The van der Waals surface area contributed by atoms with Crippen molar-refractivity contribution >= 4 is 19.8 Å². The van der Waals surface area contributed by atoms with Gasteiger partial charge in [0.2, 0.25) is 0 Å². The highest BCUT2D eigenvalue weighted by atomic mass is 31.2. The van der Waals surface area contributed by atoms with Crippen molar-refractivity contribution in [1.29, 1.82) is 0 Å². The van der Waals surface area contributed by atoms with E-state index in [1.807, 2.05) is 21.1 Å². The Morgan fingerprint density at radius 1 is 0.441 bits per heavy atom. The van der Waals surface area contributed by atoms with Crippen molar-refractivity contribution in [3.05, 3.63) is 12.2 Å². The minimum atomic E-state index is -4.38. The van der Waals surface area contributed by atoms with Gasteiger partial charge in [0.25, 0.3) is 0 Å². The maximum absolute atomic E-state index is 12.8. The largest absolute Gasteiger partial charge is 0.472 e. The summed E-state index contributed by atoms with van der Waals surface area (Å²) in [4.78, 5) is 35.7. The van der Waals surface area contributed by atoms with E-state index in [1.165, 1.54) is 231 Å². The van der Waals surface area contributed by atoms with Crippen LogP contribution in [0.2, 0.25) is 0 Å². The second kappa shape index (κ2) is 50.7. The molecule has 0 spiro atoms. The molecular formula is C58H115NO8P+. The van der Waals surface area contributed by atoms with Gasteiger partial charge in [0.1, 0.15) is 19.8 Å². The fourth-order valence-electron chi connectivity index (χ4n) is 8.72. The molecule has 0 aromatic rings. The first-order valence-corrected chi connectivity index (χ1v) is 30.9. The van der Waals surface area contributed by atoms with E-state index in [1.54, 1.807) is 0 Å². The van der Waals surface area contributed by atoms with Gasteiger partial charge in [-0.1, -0.05) is 257 Å². The van der Waals surface area contributed by atoms with Crippen molar-refractivity contribution in [2.45, 2.75) is 302 Å². The van der Waals surface area contributed by atoms with Gasteiger partial charge < -0.3 is 18.9 Å². The van der Waals surface area contributed by atoms with Crippen LogP contribution in [0.3, 0.4) is 0 Å². The van der Waals surface area contributed by atoms with Crippen molar-refractivity contribution in [1.82, 2.24) is 0 Å². The van der Waals surface area contributed by atoms with Crippen LogP contribution in [0.15, 0.2) is 12.2 Å². The normalized spacial score (nSPS) is 13.3. The summed E-state index contributed by atoms with van der Waals surface area (Å²) in [5, 5.41) is 0. The molecule has 0 saturated carbocycles. The molecule has 0 fully saturated rings. The van der Waals surface area contributed by atoms with Crippen LogP contribution in [-0.2, 0) is 32.7 Å². The number of hydrogen-bond acceptors (Lipinski definition) is 7. The summed E-state index contributed by atoms with van der Waals surface area (Å²) >= 11 is 0. The molecule has 68 heavy (non-hydrogen) atoms. The Morgan fingerprint density at radius 3 is 1.09 bits per heavy atom. The second-order valence-electron chi connectivity index (χ2n) is 21.4. The zero-order chi connectivity index (χ0) is 49.9. The van der Waals surface area contributed by atoms with Crippen molar-refractivity contribution in [3.63, 3.8) is 0 Å². The van der Waals surface area contributed by atoms with Crippen LogP contribution in [0.4, 0.5) is 0 Å². The van der Waals surface area contributed by atoms with Gasteiger partial charge in [-0.2, -0.15) is 0 Å². The lowest BCUT2D eigenvalue weighted by atomic mass is 10.0. The number of carbonyl (C=O) groups is 2. The highest BCUT2D eigenvalue weighted by Gasteiger charge is 2.27. The van der Waals surface area contributed by atoms with Crippen molar-refractivity contribution < 1.29 is 42.1 Å². The Kier molecular flexibility index (Phi) is 49.8. The van der Waals surface area contributed by atoms with Crippen molar-refractivity contribution in [2.24, 2.45) is 0 Å². The molecule has 0 aliphatic heterocycles. The molecule has 0 aromatic carbocycles. The Morgan fingerprint density at radius 2 is 0.750 bits per heavy atom. The van der Waals surface area contributed by atoms with Gasteiger partial charge in [-0.25, -0.2) is 4.57 Å². The molecule has 2 unspecified atom stereocenters. The first kappa shape index (κ1) is 66.8. The molecule has 404 valence electrons. The fourth-order valence-corrected chi connectivity index (χ4v) is 9.46. The predicted octanol–water partition coefficient (Wildman–Crippen LogP) is 18.0. The molecule has 0 rings (SSSR count). The third kappa shape index (κ3) is 54.1. The molecule has 0 radical (unpaired) electrons. The van der Waals surface area contributed by atoms with E-state index in [-0.39, 0.29) is 25.6 Å². The number of unbranched alkanes of at least 4 members (excludes halogenated alkanes) is 39. The number of hydrogen-bond donors (Lipinski definition) is 1. The van der Waals surface area contributed by atoms with E-state index in [4.69, 9.17) is 18.5 Å². The molecule has 1 N–H and O–H groups in total. The first-order valence-electron chi connectivity index (χ1n) is 29.4. The maximum Gasteiger partial charge on any atom is 0.472 e. The average Bonchev–Trinajstić information content (AvgIpc) is 3.30. The summed E-state index contributed by atoms with van der Waals surface area (Å²) in [6.45, 7) is 4.50. The van der Waals surface area contributed by atoms with E-state index < -0.39 is 26.5 Å². The van der Waals surface area contributed by atoms with Crippen LogP contribution in [0, 0.1) is 0 Å². The highest BCUT2D eigenvalue weighted by Crippen LogP contribution is 2.43. The zero-order valence-electron chi connectivity index (χ0n) is 45.9. The maximum atomic E-state index is 12.8. The van der Waals surface area contributed by atoms with E-state index in [9.17, 15) is 19.0 Å². The number of nitrogens with zero attached hydrogens (tertiary/aromatic N) is 1. The van der Waals surface area contributed by atoms with Gasteiger partial charge in [0.15, 0.2) is 6.10 Å². The number of allylic oxidation sites excluding steroid dienone is 2. The SMILES string of the molecule is CCCCCCCCCC/C=C\CCCCCCCCCCCCCC(=O)OC(COC(=O)CCCCCCCCCCCCCCCCCCCCCCC)COP(=O)(O)OCC[N+](C)(C)C. The summed E-state index contributed by atoms with van der Waals surface area (Å²) in [6.07, 6.45) is 58.5. The smallest absolute Gasteiger partial charge is 0.462 e.